The third kappa shape index (κ3) is 5.68. The Labute approximate surface area is 249 Å². The Hall–Kier alpha value is -4.05. The number of fused-ring (bicyclic) bond motifs is 4. The summed E-state index contributed by atoms with van der Waals surface area (Å²) in [6.07, 6.45) is 4.25. The number of pyridine rings is 1. The molecule has 0 bridgehead atoms. The molecule has 3 unspecified atom stereocenters. The highest BCUT2D eigenvalue weighted by Gasteiger charge is 2.49. The smallest absolute Gasteiger partial charge is 0.276 e. The number of ether oxygens (including phenoxy) is 1. The van der Waals surface area contributed by atoms with Crippen molar-refractivity contribution in [3.05, 3.63) is 99.0 Å². The zero-order chi connectivity index (χ0) is 30.2. The number of hydrogen-bond donors (Lipinski definition) is 1. The number of aromatic nitrogens is 1. The second-order valence-electron chi connectivity index (χ2n) is 12.2. The number of nitrogens with one attached hydrogen (secondary N) is 1. The summed E-state index contributed by atoms with van der Waals surface area (Å²) < 4.78 is 35.4. The van der Waals surface area contributed by atoms with Crippen LogP contribution in [0.2, 0.25) is 0 Å². The number of rotatable bonds is 8. The van der Waals surface area contributed by atoms with E-state index in [-0.39, 0.29) is 53.8 Å². The summed E-state index contributed by atoms with van der Waals surface area (Å²) in [5, 5.41) is 2.58. The zero-order valence-electron chi connectivity index (χ0n) is 24.4. The lowest BCUT2D eigenvalue weighted by Crippen LogP contribution is -2.66. The monoisotopic (exact) mass is 590 g/mol. The van der Waals surface area contributed by atoms with Crippen molar-refractivity contribution in [2.45, 2.75) is 65.0 Å². The minimum absolute atomic E-state index is 0.0389. The van der Waals surface area contributed by atoms with Gasteiger partial charge in [0.2, 0.25) is 5.43 Å². The van der Waals surface area contributed by atoms with E-state index >= 15 is 0 Å². The van der Waals surface area contributed by atoms with E-state index in [1.165, 1.54) is 12.3 Å². The van der Waals surface area contributed by atoms with E-state index in [4.69, 9.17) is 4.74 Å². The molecule has 2 aliphatic heterocycles. The van der Waals surface area contributed by atoms with Crippen molar-refractivity contribution in [1.29, 1.82) is 0 Å². The van der Waals surface area contributed by atoms with Crippen molar-refractivity contribution < 1.29 is 23.1 Å². The van der Waals surface area contributed by atoms with E-state index in [0.29, 0.717) is 18.4 Å². The summed E-state index contributed by atoms with van der Waals surface area (Å²) in [4.78, 5) is 45.9. The van der Waals surface area contributed by atoms with Gasteiger partial charge < -0.3 is 19.5 Å². The molecule has 0 spiro atoms. The van der Waals surface area contributed by atoms with Gasteiger partial charge in [-0.25, -0.2) is 8.78 Å². The summed E-state index contributed by atoms with van der Waals surface area (Å²) in [6, 6.07) is 12.5. The molecule has 1 aromatic heterocycles. The van der Waals surface area contributed by atoms with Gasteiger partial charge >= 0.3 is 0 Å². The van der Waals surface area contributed by atoms with E-state index in [0.717, 1.165) is 50.0 Å². The molecule has 43 heavy (non-hydrogen) atoms. The average molecular weight is 591 g/mol. The van der Waals surface area contributed by atoms with Gasteiger partial charge in [-0.1, -0.05) is 56.7 Å². The predicted octanol–water partition coefficient (Wildman–Crippen LogP) is 4.56. The fourth-order valence-electron chi connectivity index (χ4n) is 6.83. The number of halogens is 2. The summed E-state index contributed by atoms with van der Waals surface area (Å²) in [6.45, 7) is 6.21. The molecule has 2 fully saturated rings. The van der Waals surface area contributed by atoms with Crippen LogP contribution < -0.4 is 15.5 Å². The minimum Gasteiger partial charge on any atom is -0.483 e. The van der Waals surface area contributed by atoms with Crippen LogP contribution in [0.15, 0.2) is 59.5 Å². The van der Waals surface area contributed by atoms with Gasteiger partial charge in [-0.15, -0.1) is 0 Å². The first-order valence-electron chi connectivity index (χ1n) is 14.9. The Morgan fingerprint density at radius 1 is 1.07 bits per heavy atom. The van der Waals surface area contributed by atoms with Crippen LogP contribution in [0.5, 0.6) is 5.75 Å². The largest absolute Gasteiger partial charge is 0.483 e. The van der Waals surface area contributed by atoms with Crippen LogP contribution in [0, 0.1) is 23.5 Å². The van der Waals surface area contributed by atoms with Crippen molar-refractivity contribution >= 4 is 11.8 Å². The van der Waals surface area contributed by atoms with Crippen LogP contribution in [0.25, 0.3) is 0 Å². The number of carbonyl (C=O) groups excluding carboxylic acids is 2. The molecule has 1 N–H and O–H groups in total. The van der Waals surface area contributed by atoms with Gasteiger partial charge in [0.05, 0.1) is 6.54 Å². The maximum atomic E-state index is 14.4. The molecule has 1 aliphatic carbocycles. The lowest BCUT2D eigenvalue weighted by atomic mass is 9.93. The number of nitrogens with zero attached hydrogens (tertiary/aromatic N) is 3. The normalized spacial score (nSPS) is 21.4. The lowest BCUT2D eigenvalue weighted by molar-refractivity contribution is -0.0581. The molecule has 2 aromatic carbocycles. The van der Waals surface area contributed by atoms with Crippen LogP contribution in [0.4, 0.5) is 8.78 Å². The first-order chi connectivity index (χ1) is 20.7. The van der Waals surface area contributed by atoms with Crippen LogP contribution >= 0.6 is 0 Å². The summed E-state index contributed by atoms with van der Waals surface area (Å²) in [5.74, 6) is -1.91. The molecular weight excluding hydrogens is 554 g/mol. The molecule has 226 valence electrons. The Bertz CT molecular complexity index is 1590. The molecule has 3 aliphatic rings. The second-order valence-corrected chi connectivity index (χ2v) is 12.2. The van der Waals surface area contributed by atoms with Crippen LogP contribution in [-0.2, 0) is 19.7 Å². The average Bonchev–Trinajstić information content (AvgIpc) is 3.44. The molecule has 0 radical (unpaired) electrons. The number of carbonyl (C=O) groups is 2. The molecule has 1 saturated heterocycles. The molecular formula is C33H36F2N4O4. The summed E-state index contributed by atoms with van der Waals surface area (Å²) in [7, 11) is 0. The van der Waals surface area contributed by atoms with E-state index in [1.807, 2.05) is 35.2 Å². The molecule has 2 amide bonds. The Kier molecular flexibility index (Phi) is 8.05. The van der Waals surface area contributed by atoms with Crippen molar-refractivity contribution in [1.82, 2.24) is 19.7 Å². The lowest BCUT2D eigenvalue weighted by Gasteiger charge is -2.53. The molecule has 10 heteroatoms. The molecule has 6 rings (SSSR count). The summed E-state index contributed by atoms with van der Waals surface area (Å²) in [5.41, 5.74) is 0.123. The minimum atomic E-state index is -0.798. The third-order valence-electron chi connectivity index (χ3n) is 8.75. The third-order valence-corrected chi connectivity index (χ3v) is 8.75. The van der Waals surface area contributed by atoms with E-state index in [9.17, 15) is 23.2 Å². The van der Waals surface area contributed by atoms with Gasteiger partial charge in [-0.3, -0.25) is 19.3 Å². The highest BCUT2D eigenvalue weighted by molar-refractivity contribution is 5.99. The van der Waals surface area contributed by atoms with Gasteiger partial charge in [0, 0.05) is 43.5 Å². The summed E-state index contributed by atoms with van der Waals surface area (Å²) >= 11 is 0. The number of benzene rings is 2. The van der Waals surface area contributed by atoms with Crippen LogP contribution in [0.1, 0.15) is 65.1 Å². The molecule has 1 saturated carbocycles. The van der Waals surface area contributed by atoms with Gasteiger partial charge in [-0.05, 0) is 36.3 Å². The molecule has 8 nitrogen and oxygen atoms in total. The fourth-order valence-corrected chi connectivity index (χ4v) is 6.83. The van der Waals surface area contributed by atoms with E-state index < -0.39 is 23.0 Å². The maximum absolute atomic E-state index is 14.4. The first kappa shape index (κ1) is 29.0. The van der Waals surface area contributed by atoms with Crippen LogP contribution in [0.3, 0.4) is 0 Å². The molecule has 3 heterocycles. The number of amides is 2. The van der Waals surface area contributed by atoms with Gasteiger partial charge in [0.15, 0.2) is 11.4 Å². The van der Waals surface area contributed by atoms with Crippen molar-refractivity contribution in [3.8, 4) is 5.75 Å². The van der Waals surface area contributed by atoms with Crippen molar-refractivity contribution in [3.63, 3.8) is 0 Å². The van der Waals surface area contributed by atoms with E-state index in [1.54, 1.807) is 4.57 Å². The highest BCUT2D eigenvalue weighted by Crippen LogP contribution is 2.41. The van der Waals surface area contributed by atoms with Gasteiger partial charge in [-0.2, -0.15) is 0 Å². The molecule has 3 atom stereocenters. The van der Waals surface area contributed by atoms with Crippen molar-refractivity contribution in [2.24, 2.45) is 11.8 Å². The topological polar surface area (TPSA) is 83.9 Å². The SMILES string of the molecule is CC(C)CN1CC2CCCC2N2C(=O)c3c(OCc4ccccc4)c(=O)c(C(=O)NCc4ccc(F)cc4F)cn3CC12. The Morgan fingerprint density at radius 2 is 1.86 bits per heavy atom. The predicted molar refractivity (Wildman–Crippen MR) is 157 cm³/mol. The first-order valence-corrected chi connectivity index (χ1v) is 14.9. The second kappa shape index (κ2) is 11.9. The zero-order valence-corrected chi connectivity index (χ0v) is 24.4. The van der Waals surface area contributed by atoms with E-state index in [2.05, 4.69) is 24.1 Å². The quantitative estimate of drug-likeness (QED) is 0.416. The van der Waals surface area contributed by atoms with Crippen LogP contribution in [-0.4, -0.2) is 51.5 Å². The fraction of sp³-hybridized carbons (Fsp3) is 0.424. The number of hydrogen-bond acceptors (Lipinski definition) is 5. The van der Waals surface area contributed by atoms with Crippen molar-refractivity contribution in [2.75, 3.05) is 13.1 Å². The Balaban J connectivity index is 1.39. The van der Waals surface area contributed by atoms with Gasteiger partial charge in [0.25, 0.3) is 11.8 Å². The highest BCUT2D eigenvalue weighted by atomic mass is 19.1. The molecule has 3 aromatic rings. The maximum Gasteiger partial charge on any atom is 0.276 e. The van der Waals surface area contributed by atoms with Gasteiger partial charge in [0.1, 0.15) is 30.0 Å². The standard InChI is InChI=1S/C33H36F2N4O4/c1-20(2)15-37-16-23-9-6-10-27(23)39-28(37)18-38-17-25(32(41)36-14-22-11-12-24(34)13-26(22)35)30(40)31(29(38)33(39)42)43-19-21-7-4-3-5-8-21/h3-5,7-8,11-13,17,20,23,27-28H,6,9-10,14-16,18-19H2,1-2H3,(H,36,41). The Morgan fingerprint density at radius 3 is 2.60 bits per heavy atom.